The van der Waals surface area contributed by atoms with Crippen LogP contribution in [0.25, 0.3) is 0 Å². The minimum absolute atomic E-state index is 0.304. The van der Waals surface area contributed by atoms with E-state index in [0.29, 0.717) is 11.0 Å². The lowest BCUT2D eigenvalue weighted by Crippen LogP contribution is -2.53. The zero-order valence-corrected chi connectivity index (χ0v) is 13.0. The maximum Gasteiger partial charge on any atom is 0.0901 e. The first-order valence-electron chi connectivity index (χ1n) is 7.30. The van der Waals surface area contributed by atoms with Crippen molar-refractivity contribution in [2.75, 3.05) is 32.7 Å². The molecule has 2 N–H and O–H groups in total. The molecule has 0 amide bonds. The SMILES string of the molecule is CCC(C(N)=S)N1CCN(CCCC(C)C)CC1. The van der Waals surface area contributed by atoms with Crippen LogP contribution in [0.3, 0.4) is 0 Å². The van der Waals surface area contributed by atoms with Crippen molar-refractivity contribution in [2.24, 2.45) is 11.7 Å². The molecule has 4 heteroatoms. The lowest BCUT2D eigenvalue weighted by molar-refractivity contribution is 0.114. The van der Waals surface area contributed by atoms with Gasteiger partial charge in [-0.2, -0.15) is 0 Å². The molecule has 1 atom stereocenters. The normalized spacial score (nSPS) is 20.2. The van der Waals surface area contributed by atoms with Crippen molar-refractivity contribution in [2.45, 2.75) is 46.1 Å². The van der Waals surface area contributed by atoms with E-state index in [1.54, 1.807) is 0 Å². The molecule has 3 nitrogen and oxygen atoms in total. The van der Waals surface area contributed by atoms with Crippen molar-refractivity contribution in [3.8, 4) is 0 Å². The standard InChI is InChI=1S/C14H29N3S/c1-4-13(14(15)18)17-10-8-16(9-11-17)7-5-6-12(2)3/h12-13H,4-11H2,1-3H3,(H2,15,18). The number of thiocarbonyl (C=S) groups is 1. The number of nitrogens with two attached hydrogens (primary N) is 1. The molecular weight excluding hydrogens is 242 g/mol. The zero-order chi connectivity index (χ0) is 13.5. The van der Waals surface area contributed by atoms with Crippen LogP contribution < -0.4 is 5.73 Å². The van der Waals surface area contributed by atoms with E-state index >= 15 is 0 Å². The molecule has 1 aliphatic heterocycles. The van der Waals surface area contributed by atoms with Gasteiger partial charge >= 0.3 is 0 Å². The predicted molar refractivity (Wildman–Crippen MR) is 82.9 cm³/mol. The first-order valence-corrected chi connectivity index (χ1v) is 7.71. The van der Waals surface area contributed by atoms with Crippen molar-refractivity contribution in [1.82, 2.24) is 9.80 Å². The summed E-state index contributed by atoms with van der Waals surface area (Å²) in [5, 5.41) is 0. The van der Waals surface area contributed by atoms with Gasteiger partial charge in [0, 0.05) is 26.2 Å². The van der Waals surface area contributed by atoms with E-state index in [2.05, 4.69) is 30.6 Å². The van der Waals surface area contributed by atoms with Crippen molar-refractivity contribution in [3.63, 3.8) is 0 Å². The van der Waals surface area contributed by atoms with E-state index in [0.717, 1.165) is 38.5 Å². The van der Waals surface area contributed by atoms with Crippen LogP contribution in [0.15, 0.2) is 0 Å². The smallest absolute Gasteiger partial charge is 0.0901 e. The third kappa shape index (κ3) is 5.21. The minimum Gasteiger partial charge on any atom is -0.392 e. The number of nitrogens with zero attached hydrogens (tertiary/aromatic N) is 2. The Bertz CT molecular complexity index is 247. The van der Waals surface area contributed by atoms with Crippen LogP contribution in [0.4, 0.5) is 0 Å². The largest absolute Gasteiger partial charge is 0.392 e. The van der Waals surface area contributed by atoms with E-state index in [1.807, 2.05) is 0 Å². The lowest BCUT2D eigenvalue weighted by atomic mass is 10.1. The van der Waals surface area contributed by atoms with Gasteiger partial charge in [-0.1, -0.05) is 33.0 Å². The van der Waals surface area contributed by atoms with Crippen LogP contribution in [-0.2, 0) is 0 Å². The van der Waals surface area contributed by atoms with E-state index in [9.17, 15) is 0 Å². The fraction of sp³-hybridized carbons (Fsp3) is 0.929. The molecule has 0 aliphatic carbocycles. The first kappa shape index (κ1) is 15.9. The molecule has 106 valence electrons. The molecule has 1 heterocycles. The third-order valence-corrected chi connectivity index (χ3v) is 4.09. The predicted octanol–water partition coefficient (Wildman–Crippen LogP) is 2.10. The van der Waals surface area contributed by atoms with Gasteiger partial charge in [0.15, 0.2) is 0 Å². The number of hydrogen-bond acceptors (Lipinski definition) is 3. The van der Waals surface area contributed by atoms with Gasteiger partial charge in [0.1, 0.15) is 0 Å². The topological polar surface area (TPSA) is 32.5 Å². The Hall–Kier alpha value is -0.190. The Labute approximate surface area is 118 Å². The Balaban J connectivity index is 2.25. The Kier molecular flexibility index (Phi) is 7.12. The van der Waals surface area contributed by atoms with Crippen LogP contribution in [0.1, 0.15) is 40.0 Å². The Morgan fingerprint density at radius 1 is 1.22 bits per heavy atom. The van der Waals surface area contributed by atoms with Crippen molar-refractivity contribution in [1.29, 1.82) is 0 Å². The fourth-order valence-electron chi connectivity index (χ4n) is 2.66. The second-order valence-electron chi connectivity index (χ2n) is 5.74. The van der Waals surface area contributed by atoms with E-state index < -0.39 is 0 Å². The van der Waals surface area contributed by atoms with Gasteiger partial charge < -0.3 is 10.6 Å². The number of piperazine rings is 1. The number of rotatable bonds is 7. The first-order chi connectivity index (χ1) is 8.54. The van der Waals surface area contributed by atoms with Gasteiger partial charge in [-0.3, -0.25) is 4.90 Å². The highest BCUT2D eigenvalue weighted by molar-refractivity contribution is 7.80. The summed E-state index contributed by atoms with van der Waals surface area (Å²) in [6.07, 6.45) is 3.69. The average molecular weight is 271 g/mol. The van der Waals surface area contributed by atoms with Gasteiger partial charge in [0.05, 0.1) is 11.0 Å². The van der Waals surface area contributed by atoms with Crippen LogP contribution in [0, 0.1) is 5.92 Å². The monoisotopic (exact) mass is 271 g/mol. The molecule has 1 saturated heterocycles. The highest BCUT2D eigenvalue weighted by Crippen LogP contribution is 2.11. The molecule has 0 aromatic heterocycles. The summed E-state index contributed by atoms with van der Waals surface area (Å²) in [6.45, 7) is 12.6. The Morgan fingerprint density at radius 2 is 1.83 bits per heavy atom. The second kappa shape index (κ2) is 8.08. The van der Waals surface area contributed by atoms with E-state index in [4.69, 9.17) is 18.0 Å². The molecule has 0 spiro atoms. The molecular formula is C14H29N3S. The lowest BCUT2D eigenvalue weighted by Gasteiger charge is -2.38. The van der Waals surface area contributed by atoms with Gasteiger partial charge in [-0.15, -0.1) is 0 Å². The number of hydrogen-bond donors (Lipinski definition) is 1. The average Bonchev–Trinajstić information content (AvgIpc) is 2.31. The van der Waals surface area contributed by atoms with Crippen molar-refractivity contribution < 1.29 is 0 Å². The summed E-state index contributed by atoms with van der Waals surface area (Å²) >= 11 is 5.15. The van der Waals surface area contributed by atoms with Gasteiger partial charge in [0.25, 0.3) is 0 Å². The molecule has 0 bridgehead atoms. The summed E-state index contributed by atoms with van der Waals surface area (Å²) in [7, 11) is 0. The molecule has 0 aromatic rings. The third-order valence-electron chi connectivity index (χ3n) is 3.82. The minimum atomic E-state index is 0.304. The van der Waals surface area contributed by atoms with Crippen molar-refractivity contribution >= 4 is 17.2 Å². The summed E-state index contributed by atoms with van der Waals surface area (Å²) in [6, 6.07) is 0.304. The van der Waals surface area contributed by atoms with Gasteiger partial charge in [0.2, 0.25) is 0 Å². The zero-order valence-electron chi connectivity index (χ0n) is 12.2. The highest BCUT2D eigenvalue weighted by Gasteiger charge is 2.23. The molecule has 18 heavy (non-hydrogen) atoms. The highest BCUT2D eigenvalue weighted by atomic mass is 32.1. The summed E-state index contributed by atoms with van der Waals surface area (Å²) in [5.74, 6) is 0.824. The van der Waals surface area contributed by atoms with Gasteiger partial charge in [-0.25, -0.2) is 0 Å². The van der Waals surface area contributed by atoms with Crippen molar-refractivity contribution in [3.05, 3.63) is 0 Å². The van der Waals surface area contributed by atoms with Crippen LogP contribution in [-0.4, -0.2) is 53.6 Å². The van der Waals surface area contributed by atoms with E-state index in [1.165, 1.54) is 19.4 Å². The molecule has 0 aromatic carbocycles. The summed E-state index contributed by atoms with van der Waals surface area (Å²) < 4.78 is 0. The molecule has 1 aliphatic rings. The van der Waals surface area contributed by atoms with Crippen LogP contribution in [0.2, 0.25) is 0 Å². The molecule has 1 unspecified atom stereocenters. The Morgan fingerprint density at radius 3 is 2.28 bits per heavy atom. The summed E-state index contributed by atoms with van der Waals surface area (Å²) in [4.78, 5) is 5.68. The van der Waals surface area contributed by atoms with E-state index in [-0.39, 0.29) is 0 Å². The second-order valence-corrected chi connectivity index (χ2v) is 6.21. The summed E-state index contributed by atoms with van der Waals surface area (Å²) in [5.41, 5.74) is 5.80. The maximum absolute atomic E-state index is 5.80. The van der Waals surface area contributed by atoms with Crippen LogP contribution in [0.5, 0.6) is 0 Å². The molecule has 0 saturated carbocycles. The quantitative estimate of drug-likeness (QED) is 0.719. The maximum atomic E-state index is 5.80. The fourth-order valence-corrected chi connectivity index (χ4v) is 2.98. The molecule has 1 rings (SSSR count). The molecule has 1 fully saturated rings. The molecule has 0 radical (unpaired) electrons. The van der Waals surface area contributed by atoms with Gasteiger partial charge in [-0.05, 0) is 31.7 Å². The van der Waals surface area contributed by atoms with Crippen LogP contribution >= 0.6 is 12.2 Å².